The SMILES string of the molecule is O=C(C1CCCCC1)N1CCC(C(=O)NCC(F)(F)F)(n2cccn2)CC1. The van der Waals surface area contributed by atoms with Crippen LogP contribution in [0, 0.1) is 5.92 Å². The third-order valence-electron chi connectivity index (χ3n) is 5.67. The largest absolute Gasteiger partial charge is 0.405 e. The van der Waals surface area contributed by atoms with Crippen LogP contribution in [0.1, 0.15) is 44.9 Å². The van der Waals surface area contributed by atoms with Gasteiger partial charge in [-0.2, -0.15) is 18.3 Å². The minimum Gasteiger partial charge on any atom is -0.345 e. The lowest BCUT2D eigenvalue weighted by Gasteiger charge is -2.42. The number of carbonyl (C=O) groups is 2. The molecule has 27 heavy (non-hydrogen) atoms. The van der Waals surface area contributed by atoms with Gasteiger partial charge >= 0.3 is 6.18 Å². The molecule has 0 atom stereocenters. The van der Waals surface area contributed by atoms with E-state index in [-0.39, 0.29) is 24.7 Å². The molecule has 0 bridgehead atoms. The van der Waals surface area contributed by atoms with Gasteiger partial charge in [0.1, 0.15) is 12.1 Å². The minimum atomic E-state index is -4.47. The van der Waals surface area contributed by atoms with E-state index in [1.54, 1.807) is 17.2 Å². The van der Waals surface area contributed by atoms with Crippen molar-refractivity contribution in [2.45, 2.75) is 56.7 Å². The maximum absolute atomic E-state index is 12.7. The first-order valence-electron chi connectivity index (χ1n) is 9.46. The first-order valence-corrected chi connectivity index (χ1v) is 9.46. The highest BCUT2D eigenvalue weighted by atomic mass is 19.4. The number of aromatic nitrogens is 2. The molecule has 2 heterocycles. The van der Waals surface area contributed by atoms with Crippen LogP contribution in [0.5, 0.6) is 0 Å². The molecule has 0 aromatic carbocycles. The van der Waals surface area contributed by atoms with E-state index in [0.717, 1.165) is 32.1 Å². The topological polar surface area (TPSA) is 67.2 Å². The van der Waals surface area contributed by atoms with E-state index in [2.05, 4.69) is 5.10 Å². The Balaban J connectivity index is 1.69. The van der Waals surface area contributed by atoms with Crippen LogP contribution in [0.25, 0.3) is 0 Å². The average molecular weight is 386 g/mol. The van der Waals surface area contributed by atoms with E-state index in [0.29, 0.717) is 13.1 Å². The van der Waals surface area contributed by atoms with Crippen molar-refractivity contribution in [3.05, 3.63) is 18.5 Å². The van der Waals surface area contributed by atoms with Gasteiger partial charge in [0.25, 0.3) is 0 Å². The Hall–Kier alpha value is -2.06. The Morgan fingerprint density at radius 1 is 1.15 bits per heavy atom. The predicted octanol–water partition coefficient (Wildman–Crippen LogP) is 2.46. The summed E-state index contributed by atoms with van der Waals surface area (Å²) in [7, 11) is 0. The van der Waals surface area contributed by atoms with Crippen LogP contribution in [0.15, 0.2) is 18.5 Å². The van der Waals surface area contributed by atoms with Crippen molar-refractivity contribution >= 4 is 11.8 Å². The number of likely N-dealkylation sites (tertiary alicyclic amines) is 1. The van der Waals surface area contributed by atoms with Crippen molar-refractivity contribution < 1.29 is 22.8 Å². The summed E-state index contributed by atoms with van der Waals surface area (Å²) < 4.78 is 39.0. The van der Waals surface area contributed by atoms with Gasteiger partial charge in [-0.15, -0.1) is 0 Å². The molecule has 1 aromatic heterocycles. The summed E-state index contributed by atoms with van der Waals surface area (Å²) in [5, 5.41) is 6.11. The molecule has 1 saturated heterocycles. The Morgan fingerprint density at radius 3 is 2.37 bits per heavy atom. The first kappa shape index (κ1) is 19.7. The second kappa shape index (κ2) is 7.90. The maximum Gasteiger partial charge on any atom is 0.405 e. The summed E-state index contributed by atoms with van der Waals surface area (Å²) in [6.07, 6.45) is 4.17. The molecule has 0 spiro atoms. The molecule has 9 heteroatoms. The predicted molar refractivity (Wildman–Crippen MR) is 91.7 cm³/mol. The lowest BCUT2D eigenvalue weighted by Crippen LogP contribution is -2.57. The number of carbonyl (C=O) groups excluding carboxylic acids is 2. The number of halogens is 3. The van der Waals surface area contributed by atoms with Crippen molar-refractivity contribution in [3.63, 3.8) is 0 Å². The zero-order chi connectivity index (χ0) is 19.5. The van der Waals surface area contributed by atoms with Crippen molar-refractivity contribution in [2.75, 3.05) is 19.6 Å². The lowest BCUT2D eigenvalue weighted by atomic mass is 9.84. The fourth-order valence-corrected chi connectivity index (χ4v) is 4.13. The van der Waals surface area contributed by atoms with Crippen LogP contribution in [-0.2, 0) is 15.1 Å². The van der Waals surface area contributed by atoms with Crippen LogP contribution in [0.2, 0.25) is 0 Å². The summed E-state index contributed by atoms with van der Waals surface area (Å²) in [5.41, 5.74) is -1.20. The van der Waals surface area contributed by atoms with Gasteiger partial charge in [-0.05, 0) is 31.7 Å². The van der Waals surface area contributed by atoms with E-state index in [9.17, 15) is 22.8 Å². The number of rotatable bonds is 4. The number of nitrogens with zero attached hydrogens (tertiary/aromatic N) is 3. The fraction of sp³-hybridized carbons (Fsp3) is 0.722. The normalized spacial score (nSPS) is 21.1. The fourth-order valence-electron chi connectivity index (χ4n) is 4.13. The summed E-state index contributed by atoms with van der Waals surface area (Å²) in [4.78, 5) is 27.2. The van der Waals surface area contributed by atoms with Crippen LogP contribution < -0.4 is 5.32 Å². The monoisotopic (exact) mass is 386 g/mol. The first-order chi connectivity index (χ1) is 12.8. The number of hydrogen-bond donors (Lipinski definition) is 1. The van der Waals surface area contributed by atoms with E-state index >= 15 is 0 Å². The van der Waals surface area contributed by atoms with Gasteiger partial charge in [-0.25, -0.2) is 0 Å². The highest BCUT2D eigenvalue weighted by Crippen LogP contribution is 2.33. The molecular weight excluding hydrogens is 361 g/mol. The number of nitrogens with one attached hydrogen (secondary N) is 1. The van der Waals surface area contributed by atoms with Gasteiger partial charge in [0, 0.05) is 31.4 Å². The highest BCUT2D eigenvalue weighted by molar-refractivity contribution is 5.85. The van der Waals surface area contributed by atoms with Crippen LogP contribution >= 0.6 is 0 Å². The molecular formula is C18H25F3N4O2. The summed E-state index contributed by atoms with van der Waals surface area (Å²) in [5.74, 6) is -0.553. The number of amides is 2. The van der Waals surface area contributed by atoms with E-state index in [1.165, 1.54) is 10.9 Å². The molecule has 0 radical (unpaired) electrons. The minimum absolute atomic E-state index is 0.0370. The van der Waals surface area contributed by atoms with Gasteiger partial charge in [0.15, 0.2) is 0 Å². The van der Waals surface area contributed by atoms with Crippen molar-refractivity contribution in [1.29, 1.82) is 0 Å². The van der Waals surface area contributed by atoms with E-state index in [4.69, 9.17) is 0 Å². The van der Waals surface area contributed by atoms with Gasteiger partial charge in [-0.3, -0.25) is 14.3 Å². The molecule has 1 aliphatic carbocycles. The molecule has 0 unspecified atom stereocenters. The second-order valence-corrected chi connectivity index (χ2v) is 7.44. The van der Waals surface area contributed by atoms with Crippen LogP contribution in [0.3, 0.4) is 0 Å². The van der Waals surface area contributed by atoms with Gasteiger partial charge in [0.05, 0.1) is 0 Å². The molecule has 1 aromatic rings. The van der Waals surface area contributed by atoms with Gasteiger partial charge in [0.2, 0.25) is 11.8 Å². The molecule has 1 N–H and O–H groups in total. The molecule has 1 saturated carbocycles. The molecule has 3 rings (SSSR count). The zero-order valence-corrected chi connectivity index (χ0v) is 15.2. The second-order valence-electron chi connectivity index (χ2n) is 7.44. The van der Waals surface area contributed by atoms with E-state index in [1.807, 2.05) is 5.32 Å². The molecule has 6 nitrogen and oxygen atoms in total. The van der Waals surface area contributed by atoms with Gasteiger partial charge in [-0.1, -0.05) is 19.3 Å². The Bertz CT molecular complexity index is 646. The molecule has 1 aliphatic heterocycles. The maximum atomic E-state index is 12.7. The average Bonchev–Trinajstić information content (AvgIpc) is 3.21. The van der Waals surface area contributed by atoms with E-state index < -0.39 is 24.2 Å². The Morgan fingerprint density at radius 2 is 1.81 bits per heavy atom. The number of alkyl halides is 3. The Kier molecular flexibility index (Phi) is 5.76. The third kappa shape index (κ3) is 4.44. The van der Waals surface area contributed by atoms with Crippen LogP contribution in [0.4, 0.5) is 13.2 Å². The number of piperidine rings is 1. The Labute approximate surface area is 156 Å². The molecule has 150 valence electrons. The summed E-state index contributed by atoms with van der Waals surface area (Å²) in [6.45, 7) is -0.692. The van der Waals surface area contributed by atoms with Crippen molar-refractivity contribution in [3.8, 4) is 0 Å². The third-order valence-corrected chi connectivity index (χ3v) is 5.67. The highest BCUT2D eigenvalue weighted by Gasteiger charge is 2.46. The lowest BCUT2D eigenvalue weighted by molar-refractivity contribution is -0.149. The van der Waals surface area contributed by atoms with Gasteiger partial charge < -0.3 is 10.2 Å². The smallest absolute Gasteiger partial charge is 0.345 e. The summed E-state index contributed by atoms with van der Waals surface area (Å²) >= 11 is 0. The molecule has 2 amide bonds. The number of hydrogen-bond acceptors (Lipinski definition) is 3. The van der Waals surface area contributed by atoms with Crippen molar-refractivity contribution in [1.82, 2.24) is 20.0 Å². The molecule has 2 fully saturated rings. The van der Waals surface area contributed by atoms with Crippen LogP contribution in [-0.4, -0.2) is 52.3 Å². The summed E-state index contributed by atoms with van der Waals surface area (Å²) in [6, 6.07) is 1.64. The molecule has 2 aliphatic rings. The quantitative estimate of drug-likeness (QED) is 0.865. The zero-order valence-electron chi connectivity index (χ0n) is 15.2. The van der Waals surface area contributed by atoms with Crippen molar-refractivity contribution in [2.24, 2.45) is 5.92 Å². The standard InChI is InChI=1S/C18H25F3N4O2/c19-18(20,21)13-22-16(27)17(25-10-4-9-23-25)7-11-24(12-8-17)15(26)14-5-2-1-3-6-14/h4,9-10,14H,1-3,5-8,11-13H2,(H,22,27).